The van der Waals surface area contributed by atoms with E-state index in [9.17, 15) is 4.79 Å². The Morgan fingerprint density at radius 2 is 2.25 bits per heavy atom. The number of benzene rings is 1. The van der Waals surface area contributed by atoms with Gasteiger partial charge in [0.25, 0.3) is 5.91 Å². The van der Waals surface area contributed by atoms with Crippen molar-refractivity contribution < 1.29 is 9.53 Å². The fourth-order valence-electron chi connectivity index (χ4n) is 1.71. The van der Waals surface area contributed by atoms with Crippen LogP contribution in [-0.4, -0.2) is 28.8 Å². The minimum Gasteiger partial charge on any atom is -0.488 e. The van der Waals surface area contributed by atoms with Crippen molar-refractivity contribution >= 4 is 21.8 Å². The number of amides is 1. The highest BCUT2D eigenvalue weighted by molar-refractivity contribution is 9.10. The van der Waals surface area contributed by atoms with Crippen LogP contribution in [0.1, 0.15) is 23.0 Å². The minimum absolute atomic E-state index is 0.134. The van der Waals surface area contributed by atoms with Gasteiger partial charge in [0.15, 0.2) is 0 Å². The number of carbonyl (C=O) groups excluding carboxylic acids is 1. The molecule has 106 valence electrons. The number of ether oxygens (including phenoxy) is 1. The molecule has 0 fully saturated rings. The molecule has 2 aromatic rings. The molecule has 0 aliphatic heterocycles. The molecule has 0 radical (unpaired) electrons. The predicted octanol–water partition coefficient (Wildman–Crippen LogP) is 2.68. The SMILES string of the molecule is Cc1[nH]ncc1C(=O)NC[C@@H](C)Oc1ccccc1Br. The van der Waals surface area contributed by atoms with Gasteiger partial charge in [-0.15, -0.1) is 0 Å². The summed E-state index contributed by atoms with van der Waals surface area (Å²) >= 11 is 3.42. The van der Waals surface area contributed by atoms with Gasteiger partial charge in [-0.1, -0.05) is 12.1 Å². The monoisotopic (exact) mass is 337 g/mol. The van der Waals surface area contributed by atoms with Gasteiger partial charge in [0.2, 0.25) is 0 Å². The number of halogens is 1. The molecule has 0 spiro atoms. The number of aromatic amines is 1. The van der Waals surface area contributed by atoms with E-state index in [1.54, 1.807) is 0 Å². The summed E-state index contributed by atoms with van der Waals surface area (Å²) in [4.78, 5) is 11.9. The maximum atomic E-state index is 11.9. The Morgan fingerprint density at radius 1 is 1.50 bits per heavy atom. The van der Waals surface area contributed by atoms with Gasteiger partial charge in [-0.05, 0) is 41.9 Å². The number of carbonyl (C=O) groups is 1. The molecule has 20 heavy (non-hydrogen) atoms. The number of nitrogens with one attached hydrogen (secondary N) is 2. The van der Waals surface area contributed by atoms with Crippen LogP contribution in [0.3, 0.4) is 0 Å². The molecule has 1 amide bonds. The highest BCUT2D eigenvalue weighted by Crippen LogP contribution is 2.24. The maximum absolute atomic E-state index is 11.9. The van der Waals surface area contributed by atoms with Crippen LogP contribution < -0.4 is 10.1 Å². The van der Waals surface area contributed by atoms with Gasteiger partial charge in [-0.25, -0.2) is 0 Å². The Bertz CT molecular complexity index is 598. The highest BCUT2D eigenvalue weighted by atomic mass is 79.9. The third kappa shape index (κ3) is 3.60. The fraction of sp³-hybridized carbons (Fsp3) is 0.286. The van der Waals surface area contributed by atoms with Crippen LogP contribution in [-0.2, 0) is 0 Å². The van der Waals surface area contributed by atoms with E-state index in [1.165, 1.54) is 6.20 Å². The molecular weight excluding hydrogens is 322 g/mol. The van der Waals surface area contributed by atoms with Gasteiger partial charge in [-0.2, -0.15) is 5.10 Å². The maximum Gasteiger partial charge on any atom is 0.254 e. The topological polar surface area (TPSA) is 67.0 Å². The fourth-order valence-corrected chi connectivity index (χ4v) is 2.09. The summed E-state index contributed by atoms with van der Waals surface area (Å²) in [5.41, 5.74) is 1.31. The van der Waals surface area contributed by atoms with Crippen molar-refractivity contribution in [3.05, 3.63) is 46.2 Å². The van der Waals surface area contributed by atoms with Crippen LogP contribution in [0.4, 0.5) is 0 Å². The lowest BCUT2D eigenvalue weighted by Gasteiger charge is -2.16. The second-order valence-corrected chi connectivity index (χ2v) is 5.33. The second kappa shape index (κ2) is 6.56. The van der Waals surface area contributed by atoms with Crippen LogP contribution in [0.15, 0.2) is 34.9 Å². The molecule has 5 nitrogen and oxygen atoms in total. The lowest BCUT2D eigenvalue weighted by molar-refractivity contribution is 0.0931. The van der Waals surface area contributed by atoms with E-state index in [0.717, 1.165) is 15.9 Å². The highest BCUT2D eigenvalue weighted by Gasteiger charge is 2.13. The molecule has 0 unspecified atom stereocenters. The predicted molar refractivity (Wildman–Crippen MR) is 79.9 cm³/mol. The second-order valence-electron chi connectivity index (χ2n) is 4.48. The molecule has 1 heterocycles. The number of para-hydroxylation sites is 1. The number of H-pyrrole nitrogens is 1. The number of aryl methyl sites for hydroxylation is 1. The first kappa shape index (κ1) is 14.6. The van der Waals surface area contributed by atoms with Gasteiger partial charge in [0.1, 0.15) is 11.9 Å². The molecule has 2 rings (SSSR count). The third-order valence-electron chi connectivity index (χ3n) is 2.79. The molecule has 6 heteroatoms. The van der Waals surface area contributed by atoms with Crippen LogP contribution in [0.2, 0.25) is 0 Å². The number of nitrogens with zero attached hydrogens (tertiary/aromatic N) is 1. The van der Waals surface area contributed by atoms with Gasteiger partial charge in [-0.3, -0.25) is 9.89 Å². The van der Waals surface area contributed by atoms with Crippen molar-refractivity contribution in [2.24, 2.45) is 0 Å². The average Bonchev–Trinajstić information content (AvgIpc) is 2.85. The Hall–Kier alpha value is -1.82. The van der Waals surface area contributed by atoms with Crippen molar-refractivity contribution in [3.8, 4) is 5.75 Å². The van der Waals surface area contributed by atoms with E-state index < -0.39 is 0 Å². The molecule has 0 aliphatic rings. The van der Waals surface area contributed by atoms with E-state index in [-0.39, 0.29) is 12.0 Å². The Labute approximate surface area is 125 Å². The van der Waals surface area contributed by atoms with Crippen molar-refractivity contribution in [3.63, 3.8) is 0 Å². The summed E-state index contributed by atoms with van der Waals surface area (Å²) < 4.78 is 6.65. The minimum atomic E-state index is -0.154. The molecule has 1 aromatic carbocycles. The van der Waals surface area contributed by atoms with Gasteiger partial charge < -0.3 is 10.1 Å². The van der Waals surface area contributed by atoms with E-state index in [4.69, 9.17) is 4.74 Å². The van der Waals surface area contributed by atoms with Crippen LogP contribution >= 0.6 is 15.9 Å². The normalized spacial score (nSPS) is 11.9. The number of hydrogen-bond acceptors (Lipinski definition) is 3. The first-order valence-electron chi connectivity index (χ1n) is 6.27. The molecule has 2 N–H and O–H groups in total. The van der Waals surface area contributed by atoms with Gasteiger partial charge in [0, 0.05) is 5.69 Å². The van der Waals surface area contributed by atoms with Crippen molar-refractivity contribution in [2.45, 2.75) is 20.0 Å². The molecule has 1 aromatic heterocycles. The van der Waals surface area contributed by atoms with Gasteiger partial charge >= 0.3 is 0 Å². The standard InChI is InChI=1S/C14H16BrN3O2/c1-9(20-13-6-4-3-5-12(13)15)7-16-14(19)11-8-17-18-10(11)2/h3-6,8-9H,7H2,1-2H3,(H,16,19)(H,17,18)/t9-/m1/s1. The third-order valence-corrected chi connectivity index (χ3v) is 3.44. The smallest absolute Gasteiger partial charge is 0.254 e. The first-order valence-corrected chi connectivity index (χ1v) is 7.06. The summed E-state index contributed by atoms with van der Waals surface area (Å²) in [6.07, 6.45) is 1.38. The zero-order chi connectivity index (χ0) is 14.5. The van der Waals surface area contributed by atoms with E-state index in [0.29, 0.717) is 12.1 Å². The van der Waals surface area contributed by atoms with Crippen molar-refractivity contribution in [2.75, 3.05) is 6.54 Å². The lowest BCUT2D eigenvalue weighted by Crippen LogP contribution is -2.33. The van der Waals surface area contributed by atoms with Crippen LogP contribution in [0.5, 0.6) is 5.75 Å². The summed E-state index contributed by atoms with van der Waals surface area (Å²) in [5.74, 6) is 0.604. The summed E-state index contributed by atoms with van der Waals surface area (Å²) in [6, 6.07) is 7.61. The molecular formula is C14H16BrN3O2. The first-order chi connectivity index (χ1) is 9.58. The van der Waals surface area contributed by atoms with Gasteiger partial charge in [0.05, 0.1) is 22.8 Å². The van der Waals surface area contributed by atoms with E-state index in [1.807, 2.05) is 38.1 Å². The Kier molecular flexibility index (Phi) is 4.79. The van der Waals surface area contributed by atoms with Crippen LogP contribution in [0, 0.1) is 6.92 Å². The molecule has 0 bridgehead atoms. The molecule has 0 aliphatic carbocycles. The summed E-state index contributed by atoms with van der Waals surface area (Å²) in [6.45, 7) is 4.13. The Balaban J connectivity index is 1.87. The van der Waals surface area contributed by atoms with E-state index in [2.05, 4.69) is 31.4 Å². The lowest BCUT2D eigenvalue weighted by atomic mass is 10.2. The summed E-state index contributed by atoms with van der Waals surface area (Å²) in [7, 11) is 0. The zero-order valence-corrected chi connectivity index (χ0v) is 12.9. The van der Waals surface area contributed by atoms with Crippen LogP contribution in [0.25, 0.3) is 0 Å². The molecule has 0 saturated carbocycles. The number of rotatable bonds is 5. The largest absolute Gasteiger partial charge is 0.488 e. The number of hydrogen-bond donors (Lipinski definition) is 2. The average molecular weight is 338 g/mol. The van der Waals surface area contributed by atoms with Crippen molar-refractivity contribution in [1.82, 2.24) is 15.5 Å². The van der Waals surface area contributed by atoms with Crippen molar-refractivity contribution in [1.29, 1.82) is 0 Å². The Morgan fingerprint density at radius 3 is 2.90 bits per heavy atom. The van der Waals surface area contributed by atoms with E-state index >= 15 is 0 Å². The zero-order valence-electron chi connectivity index (χ0n) is 11.3. The quantitative estimate of drug-likeness (QED) is 0.881. The number of aromatic nitrogens is 2. The summed E-state index contributed by atoms with van der Waals surface area (Å²) in [5, 5.41) is 9.39. The molecule has 0 saturated heterocycles. The molecule has 1 atom stereocenters.